The zero-order valence-electron chi connectivity index (χ0n) is 11.4. The quantitative estimate of drug-likeness (QED) is 0.827. The molecular formula is C13H17BrN2O4. The topological polar surface area (TPSA) is 78.9 Å². The van der Waals surface area contributed by atoms with Crippen LogP contribution in [-0.4, -0.2) is 42.7 Å². The third-order valence-corrected chi connectivity index (χ3v) is 3.46. The number of hydrogen-bond acceptors (Lipinski definition) is 3. The zero-order valence-corrected chi connectivity index (χ0v) is 12.9. The molecule has 0 heterocycles. The number of halogens is 1. The first-order chi connectivity index (χ1) is 9.43. The van der Waals surface area contributed by atoms with Crippen molar-refractivity contribution < 1.29 is 19.4 Å². The number of benzene rings is 1. The molecular weight excluding hydrogens is 328 g/mol. The number of carboxylic acids is 1. The number of amides is 2. The first-order valence-electron chi connectivity index (χ1n) is 5.97. The van der Waals surface area contributed by atoms with Gasteiger partial charge < -0.3 is 20.1 Å². The van der Waals surface area contributed by atoms with Crippen LogP contribution >= 0.6 is 15.9 Å². The zero-order chi connectivity index (χ0) is 15.1. The molecule has 0 saturated heterocycles. The van der Waals surface area contributed by atoms with E-state index in [1.165, 1.54) is 4.90 Å². The molecule has 0 saturated carbocycles. The van der Waals surface area contributed by atoms with Crippen LogP contribution in [0.1, 0.15) is 12.0 Å². The second-order valence-electron chi connectivity index (χ2n) is 4.18. The predicted octanol–water partition coefficient (Wildman–Crippen LogP) is 2.07. The Hall–Kier alpha value is -1.76. The van der Waals surface area contributed by atoms with E-state index in [1.807, 2.05) is 18.2 Å². The second-order valence-corrected chi connectivity index (χ2v) is 5.04. The van der Waals surface area contributed by atoms with Crippen LogP contribution in [0.15, 0.2) is 22.7 Å². The summed E-state index contributed by atoms with van der Waals surface area (Å²) in [6.45, 7) is 0.495. The molecule has 0 fully saturated rings. The molecule has 2 amide bonds. The van der Waals surface area contributed by atoms with Gasteiger partial charge in [-0.1, -0.05) is 15.9 Å². The Kier molecular flexibility index (Phi) is 6.30. The molecule has 0 aliphatic heterocycles. The number of rotatable bonds is 6. The molecule has 1 aromatic rings. The Morgan fingerprint density at radius 2 is 2.15 bits per heavy atom. The summed E-state index contributed by atoms with van der Waals surface area (Å²) in [5.41, 5.74) is 0.879. The summed E-state index contributed by atoms with van der Waals surface area (Å²) in [5, 5.41) is 11.3. The van der Waals surface area contributed by atoms with E-state index < -0.39 is 5.97 Å². The Morgan fingerprint density at radius 1 is 1.45 bits per heavy atom. The number of carbonyl (C=O) groups is 2. The Bertz CT molecular complexity index is 493. The molecule has 0 spiro atoms. The predicted molar refractivity (Wildman–Crippen MR) is 77.8 cm³/mol. The van der Waals surface area contributed by atoms with Gasteiger partial charge in [-0.2, -0.15) is 0 Å². The Morgan fingerprint density at radius 3 is 2.75 bits per heavy atom. The minimum Gasteiger partial charge on any atom is -0.497 e. The average Bonchev–Trinajstić information content (AvgIpc) is 2.43. The van der Waals surface area contributed by atoms with Crippen molar-refractivity contribution in [1.82, 2.24) is 10.2 Å². The third kappa shape index (κ3) is 5.08. The number of carbonyl (C=O) groups excluding carboxylic acids is 1. The van der Waals surface area contributed by atoms with Crippen molar-refractivity contribution in [2.24, 2.45) is 0 Å². The maximum atomic E-state index is 11.8. The van der Waals surface area contributed by atoms with E-state index in [4.69, 9.17) is 9.84 Å². The molecule has 0 bridgehead atoms. The summed E-state index contributed by atoms with van der Waals surface area (Å²) in [6.07, 6.45) is -0.0766. The van der Waals surface area contributed by atoms with Crippen molar-refractivity contribution in [3.63, 3.8) is 0 Å². The molecule has 0 aliphatic carbocycles. The number of aliphatic carboxylic acids is 1. The lowest BCUT2D eigenvalue weighted by Crippen LogP contribution is -2.38. The minimum atomic E-state index is -0.930. The van der Waals surface area contributed by atoms with Gasteiger partial charge in [0, 0.05) is 24.6 Å². The summed E-state index contributed by atoms with van der Waals surface area (Å²) >= 11 is 3.40. The fraction of sp³-hybridized carbons (Fsp3) is 0.385. The highest BCUT2D eigenvalue weighted by Gasteiger charge is 2.10. The summed E-state index contributed by atoms with van der Waals surface area (Å²) in [4.78, 5) is 23.5. The van der Waals surface area contributed by atoms with Crippen LogP contribution in [0.5, 0.6) is 5.75 Å². The van der Waals surface area contributed by atoms with E-state index in [2.05, 4.69) is 21.2 Å². The van der Waals surface area contributed by atoms with Crippen LogP contribution in [0.2, 0.25) is 0 Å². The monoisotopic (exact) mass is 344 g/mol. The molecule has 110 valence electrons. The third-order valence-electron chi connectivity index (χ3n) is 2.69. The number of nitrogens with zero attached hydrogens (tertiary/aromatic N) is 1. The molecule has 1 aromatic carbocycles. The van der Waals surface area contributed by atoms with Crippen LogP contribution in [0, 0.1) is 0 Å². The lowest BCUT2D eigenvalue weighted by Gasteiger charge is -2.17. The van der Waals surface area contributed by atoms with Crippen molar-refractivity contribution in [2.75, 3.05) is 20.7 Å². The maximum absolute atomic E-state index is 11.8. The number of hydrogen-bond donors (Lipinski definition) is 2. The standard InChI is InChI=1S/C13H17BrN2O4/c1-16(6-5-12(17)18)13(19)15-8-9-7-10(20-2)3-4-11(9)14/h3-4,7H,5-6,8H2,1-2H3,(H,15,19)(H,17,18). The van der Waals surface area contributed by atoms with E-state index in [0.29, 0.717) is 12.3 Å². The van der Waals surface area contributed by atoms with Gasteiger partial charge in [-0.3, -0.25) is 4.79 Å². The van der Waals surface area contributed by atoms with Gasteiger partial charge in [-0.15, -0.1) is 0 Å². The molecule has 1 rings (SSSR count). The fourth-order valence-electron chi connectivity index (χ4n) is 1.48. The van der Waals surface area contributed by atoms with Gasteiger partial charge in [0.15, 0.2) is 0 Å². The minimum absolute atomic E-state index is 0.0766. The average molecular weight is 345 g/mol. The molecule has 20 heavy (non-hydrogen) atoms. The largest absolute Gasteiger partial charge is 0.497 e. The molecule has 0 radical (unpaired) electrons. The first-order valence-corrected chi connectivity index (χ1v) is 6.76. The van der Waals surface area contributed by atoms with Crippen molar-refractivity contribution in [1.29, 1.82) is 0 Å². The molecule has 0 aliphatic rings. The highest BCUT2D eigenvalue weighted by atomic mass is 79.9. The molecule has 2 N–H and O–H groups in total. The normalized spacial score (nSPS) is 9.95. The number of urea groups is 1. The van der Waals surface area contributed by atoms with Crippen LogP contribution < -0.4 is 10.1 Å². The summed E-state index contributed by atoms with van der Waals surface area (Å²) in [5.74, 6) is -0.225. The molecule has 0 unspecified atom stereocenters. The number of methoxy groups -OCH3 is 1. The summed E-state index contributed by atoms with van der Waals surface area (Å²) in [7, 11) is 3.13. The first kappa shape index (κ1) is 16.3. The van der Waals surface area contributed by atoms with E-state index in [-0.39, 0.29) is 19.0 Å². The van der Waals surface area contributed by atoms with Crippen molar-refractivity contribution in [3.05, 3.63) is 28.2 Å². The summed E-state index contributed by atoms with van der Waals surface area (Å²) in [6, 6.07) is 5.16. The lowest BCUT2D eigenvalue weighted by atomic mass is 10.2. The van der Waals surface area contributed by atoms with Gasteiger partial charge in [-0.25, -0.2) is 4.79 Å². The number of nitrogens with one attached hydrogen (secondary N) is 1. The highest BCUT2D eigenvalue weighted by molar-refractivity contribution is 9.10. The van der Waals surface area contributed by atoms with E-state index in [0.717, 1.165) is 10.0 Å². The van der Waals surface area contributed by atoms with E-state index in [1.54, 1.807) is 14.2 Å². The molecule has 6 nitrogen and oxygen atoms in total. The molecule has 0 aromatic heterocycles. The Balaban J connectivity index is 2.54. The number of carboxylic acid groups (broad SMARTS) is 1. The van der Waals surface area contributed by atoms with Crippen LogP contribution in [0.25, 0.3) is 0 Å². The van der Waals surface area contributed by atoms with Crippen molar-refractivity contribution in [2.45, 2.75) is 13.0 Å². The highest BCUT2D eigenvalue weighted by Crippen LogP contribution is 2.22. The van der Waals surface area contributed by atoms with Gasteiger partial charge in [0.05, 0.1) is 13.5 Å². The Labute approximate surface area is 125 Å². The van der Waals surface area contributed by atoms with Crippen molar-refractivity contribution >= 4 is 27.9 Å². The lowest BCUT2D eigenvalue weighted by molar-refractivity contribution is -0.137. The van der Waals surface area contributed by atoms with Gasteiger partial charge in [-0.05, 0) is 23.8 Å². The van der Waals surface area contributed by atoms with E-state index >= 15 is 0 Å². The maximum Gasteiger partial charge on any atom is 0.317 e. The van der Waals surface area contributed by atoms with Crippen LogP contribution in [0.3, 0.4) is 0 Å². The fourth-order valence-corrected chi connectivity index (χ4v) is 1.87. The van der Waals surface area contributed by atoms with Crippen LogP contribution in [0.4, 0.5) is 4.79 Å². The van der Waals surface area contributed by atoms with Crippen LogP contribution in [-0.2, 0) is 11.3 Å². The van der Waals surface area contributed by atoms with E-state index in [9.17, 15) is 9.59 Å². The smallest absolute Gasteiger partial charge is 0.317 e. The number of ether oxygens (including phenoxy) is 1. The van der Waals surface area contributed by atoms with Crippen molar-refractivity contribution in [3.8, 4) is 5.75 Å². The SMILES string of the molecule is COc1ccc(Br)c(CNC(=O)N(C)CCC(=O)O)c1. The molecule has 7 heteroatoms. The van der Waals surface area contributed by atoms with Gasteiger partial charge in [0.25, 0.3) is 0 Å². The second kappa shape index (κ2) is 7.74. The van der Waals surface area contributed by atoms with Gasteiger partial charge in [0.2, 0.25) is 0 Å². The molecule has 0 atom stereocenters. The van der Waals surface area contributed by atoms with Gasteiger partial charge >= 0.3 is 12.0 Å². The summed E-state index contributed by atoms with van der Waals surface area (Å²) < 4.78 is 5.99. The van der Waals surface area contributed by atoms with Gasteiger partial charge in [0.1, 0.15) is 5.75 Å².